The zero-order chi connectivity index (χ0) is 19.3. The Kier molecular flexibility index (Phi) is 4.18. The minimum atomic E-state index is -4.69. The fourth-order valence-electron chi connectivity index (χ4n) is 3.49. The van der Waals surface area contributed by atoms with E-state index < -0.39 is 29.8 Å². The molecule has 1 amide bonds. The van der Waals surface area contributed by atoms with Crippen LogP contribution in [0.4, 0.5) is 13.2 Å². The van der Waals surface area contributed by atoms with Gasteiger partial charge in [-0.2, -0.15) is 23.3 Å². The number of amides is 1. The Morgan fingerprint density at radius 1 is 1.22 bits per heavy atom. The summed E-state index contributed by atoms with van der Waals surface area (Å²) in [4.78, 5) is 16.4. The molecule has 0 saturated heterocycles. The number of carbonyl (C=O) groups excluding carboxylic acids is 1. The van der Waals surface area contributed by atoms with Gasteiger partial charge in [0.05, 0.1) is 12.0 Å². The maximum Gasteiger partial charge on any atom is 0.432 e. The highest BCUT2D eigenvalue weighted by Crippen LogP contribution is 2.44. The maximum atomic E-state index is 13.8. The summed E-state index contributed by atoms with van der Waals surface area (Å²) >= 11 is 3.39. The molecule has 2 aliphatic heterocycles. The zero-order valence-electron chi connectivity index (χ0n) is 14.0. The first-order valence-corrected chi connectivity index (χ1v) is 8.95. The van der Waals surface area contributed by atoms with Gasteiger partial charge in [0, 0.05) is 11.4 Å². The molecule has 4 nitrogen and oxygen atoms in total. The third-order valence-electron chi connectivity index (χ3n) is 4.55. The maximum absolute atomic E-state index is 13.8. The number of benzene rings is 1. The van der Waals surface area contributed by atoms with Crippen molar-refractivity contribution in [1.29, 1.82) is 0 Å². The van der Waals surface area contributed by atoms with Gasteiger partial charge in [0.25, 0.3) is 0 Å². The summed E-state index contributed by atoms with van der Waals surface area (Å²) in [5.41, 5.74) is 0.739. The summed E-state index contributed by atoms with van der Waals surface area (Å²) in [6.45, 7) is 1.18. The summed E-state index contributed by atoms with van der Waals surface area (Å²) in [5, 5.41) is 4.38. The van der Waals surface area contributed by atoms with E-state index in [1.54, 1.807) is 48.6 Å². The topological polar surface area (TPSA) is 45.0 Å². The summed E-state index contributed by atoms with van der Waals surface area (Å²) in [6.07, 6.45) is 0.668. The average molecular weight is 436 g/mol. The molecule has 0 bridgehead atoms. The SMILES string of the molecule is CC(=O)N1N=C(C(F)(F)F)[C@H]2C1=N[C@H]1C=CC(Br)=CC1=C2c1ccccc1. The van der Waals surface area contributed by atoms with E-state index in [2.05, 4.69) is 26.0 Å². The van der Waals surface area contributed by atoms with Gasteiger partial charge in [-0.3, -0.25) is 9.79 Å². The fraction of sp³-hybridized carbons (Fsp3) is 0.211. The summed E-state index contributed by atoms with van der Waals surface area (Å²) < 4.78 is 42.1. The number of amidine groups is 1. The number of allylic oxidation sites excluding steroid dienone is 2. The second kappa shape index (κ2) is 6.30. The van der Waals surface area contributed by atoms with Crippen molar-refractivity contribution in [3.8, 4) is 0 Å². The molecule has 2 atom stereocenters. The van der Waals surface area contributed by atoms with E-state index >= 15 is 0 Å². The lowest BCUT2D eigenvalue weighted by Gasteiger charge is -2.31. The number of alkyl halides is 3. The van der Waals surface area contributed by atoms with E-state index in [4.69, 9.17) is 0 Å². The number of halogens is 4. The molecule has 2 heterocycles. The van der Waals surface area contributed by atoms with Crippen LogP contribution in [-0.4, -0.2) is 34.7 Å². The number of aliphatic imine (C=N–C) groups is 1. The molecule has 27 heavy (non-hydrogen) atoms. The quantitative estimate of drug-likeness (QED) is 0.641. The fourth-order valence-corrected chi connectivity index (χ4v) is 3.89. The molecule has 0 saturated carbocycles. The van der Waals surface area contributed by atoms with Crippen molar-refractivity contribution in [2.24, 2.45) is 16.0 Å². The predicted octanol–water partition coefficient (Wildman–Crippen LogP) is 4.47. The second-order valence-corrected chi connectivity index (χ2v) is 7.22. The molecule has 8 heteroatoms. The van der Waals surface area contributed by atoms with Crippen LogP contribution < -0.4 is 0 Å². The number of dihydropyridines is 1. The van der Waals surface area contributed by atoms with Gasteiger partial charge < -0.3 is 0 Å². The summed E-state index contributed by atoms with van der Waals surface area (Å²) in [5.74, 6) is -1.84. The standard InChI is InChI=1S/C19H13BrF3N3O/c1-10(27)26-18-16(17(25-26)19(21,22)23)15(11-5-3-2-4-6-11)13-9-12(20)7-8-14(13)24-18/h2-9,14,16H,1H3/t14-,16-/m0/s1. The minimum absolute atomic E-state index is 0.0125. The van der Waals surface area contributed by atoms with Crippen molar-refractivity contribution in [1.82, 2.24) is 5.01 Å². The van der Waals surface area contributed by atoms with Crippen LogP contribution in [0.5, 0.6) is 0 Å². The number of rotatable bonds is 1. The van der Waals surface area contributed by atoms with Crippen LogP contribution >= 0.6 is 15.9 Å². The molecule has 1 aromatic carbocycles. The van der Waals surface area contributed by atoms with Crippen LogP contribution in [0.15, 0.2) is 68.7 Å². The molecule has 1 aliphatic carbocycles. The monoisotopic (exact) mass is 435 g/mol. The summed E-state index contributed by atoms with van der Waals surface area (Å²) in [6, 6.07) is 8.37. The smallest absolute Gasteiger partial charge is 0.273 e. The highest BCUT2D eigenvalue weighted by atomic mass is 79.9. The van der Waals surface area contributed by atoms with Crippen molar-refractivity contribution in [3.63, 3.8) is 0 Å². The van der Waals surface area contributed by atoms with E-state index in [0.717, 1.165) is 9.49 Å². The van der Waals surface area contributed by atoms with Gasteiger partial charge in [0.15, 0.2) is 5.71 Å². The van der Waals surface area contributed by atoms with Gasteiger partial charge in [-0.15, -0.1) is 0 Å². The van der Waals surface area contributed by atoms with E-state index in [9.17, 15) is 18.0 Å². The molecule has 0 N–H and O–H groups in total. The van der Waals surface area contributed by atoms with Crippen LogP contribution in [0.1, 0.15) is 12.5 Å². The average Bonchev–Trinajstić information content (AvgIpc) is 3.00. The molecule has 0 spiro atoms. The van der Waals surface area contributed by atoms with E-state index in [1.807, 2.05) is 0 Å². The Balaban J connectivity index is 1.99. The molecule has 0 radical (unpaired) electrons. The molecule has 1 aromatic rings. The van der Waals surface area contributed by atoms with Crippen LogP contribution in [0, 0.1) is 5.92 Å². The van der Waals surface area contributed by atoms with Crippen LogP contribution in [0.2, 0.25) is 0 Å². The van der Waals surface area contributed by atoms with Crippen molar-refractivity contribution in [2.45, 2.75) is 19.1 Å². The highest BCUT2D eigenvalue weighted by Gasteiger charge is 2.53. The van der Waals surface area contributed by atoms with Crippen molar-refractivity contribution >= 4 is 39.0 Å². The third kappa shape index (κ3) is 2.97. The van der Waals surface area contributed by atoms with E-state index in [1.165, 1.54) is 6.92 Å². The molecule has 0 unspecified atom stereocenters. The molecule has 0 fully saturated rings. The van der Waals surface area contributed by atoms with Gasteiger partial charge in [-0.1, -0.05) is 52.3 Å². The first-order chi connectivity index (χ1) is 12.8. The number of fused-ring (bicyclic) bond motifs is 2. The lowest BCUT2D eigenvalue weighted by molar-refractivity contribution is -0.125. The van der Waals surface area contributed by atoms with Gasteiger partial charge >= 0.3 is 6.18 Å². The number of hydrogen-bond acceptors (Lipinski definition) is 3. The Morgan fingerprint density at radius 3 is 2.56 bits per heavy atom. The minimum Gasteiger partial charge on any atom is -0.273 e. The first-order valence-electron chi connectivity index (χ1n) is 8.16. The van der Waals surface area contributed by atoms with E-state index in [-0.39, 0.29) is 5.84 Å². The first kappa shape index (κ1) is 17.9. The largest absolute Gasteiger partial charge is 0.432 e. The molecule has 0 aromatic heterocycles. The highest BCUT2D eigenvalue weighted by molar-refractivity contribution is 9.11. The third-order valence-corrected chi connectivity index (χ3v) is 5.04. The molecule has 4 rings (SSSR count). The number of carbonyl (C=O) groups is 1. The summed E-state index contributed by atoms with van der Waals surface area (Å²) in [7, 11) is 0. The van der Waals surface area contributed by atoms with Crippen LogP contribution in [0.3, 0.4) is 0 Å². The van der Waals surface area contributed by atoms with Crippen molar-refractivity contribution < 1.29 is 18.0 Å². The van der Waals surface area contributed by atoms with Gasteiger partial charge in [-0.25, -0.2) is 0 Å². The van der Waals surface area contributed by atoms with Gasteiger partial charge in [0.1, 0.15) is 5.84 Å². The number of nitrogens with zero attached hydrogens (tertiary/aromatic N) is 3. The van der Waals surface area contributed by atoms with Gasteiger partial charge in [-0.05, 0) is 28.9 Å². The normalized spacial score (nSPS) is 24.2. The Morgan fingerprint density at radius 2 is 1.93 bits per heavy atom. The Labute approximate surface area is 161 Å². The Bertz CT molecular complexity index is 974. The lowest BCUT2D eigenvalue weighted by atomic mass is 9.79. The van der Waals surface area contributed by atoms with Gasteiger partial charge in [0.2, 0.25) is 5.91 Å². The Hall–Kier alpha value is -2.48. The van der Waals surface area contributed by atoms with Crippen molar-refractivity contribution in [3.05, 3.63) is 64.2 Å². The van der Waals surface area contributed by atoms with Crippen LogP contribution in [-0.2, 0) is 4.79 Å². The predicted molar refractivity (Wildman–Crippen MR) is 100 cm³/mol. The second-order valence-electron chi connectivity index (χ2n) is 6.30. The van der Waals surface area contributed by atoms with Crippen LogP contribution in [0.25, 0.3) is 5.57 Å². The number of hydrogen-bond donors (Lipinski definition) is 0. The molecule has 138 valence electrons. The zero-order valence-corrected chi connectivity index (χ0v) is 15.6. The molecular weight excluding hydrogens is 423 g/mol. The molecular formula is C19H13BrF3N3O. The number of hydrazone groups is 1. The lowest BCUT2D eigenvalue weighted by Crippen LogP contribution is -2.39. The van der Waals surface area contributed by atoms with Crippen molar-refractivity contribution in [2.75, 3.05) is 0 Å². The molecule has 3 aliphatic rings. The van der Waals surface area contributed by atoms with E-state index in [0.29, 0.717) is 16.7 Å².